The summed E-state index contributed by atoms with van der Waals surface area (Å²) in [6.45, 7) is 0. The number of para-hydroxylation sites is 4. The van der Waals surface area contributed by atoms with Gasteiger partial charge in [-0.3, -0.25) is 0 Å². The zero-order valence-corrected chi connectivity index (χ0v) is 26.7. The number of benzene rings is 7. The zero-order valence-electron chi connectivity index (χ0n) is 26.7. The molecule has 9 aromatic rings. The van der Waals surface area contributed by atoms with Gasteiger partial charge < -0.3 is 9.13 Å². The summed E-state index contributed by atoms with van der Waals surface area (Å²) in [7, 11) is 0. The van der Waals surface area contributed by atoms with Crippen molar-refractivity contribution in [3.05, 3.63) is 168 Å². The third-order valence-electron chi connectivity index (χ3n) is 9.64. The highest BCUT2D eigenvalue weighted by atomic mass is 15.0. The predicted octanol–water partition coefficient (Wildman–Crippen LogP) is 10.8. The quantitative estimate of drug-likeness (QED) is 0.193. The van der Waals surface area contributed by atoms with Crippen LogP contribution in [0.4, 0.5) is 0 Å². The largest absolute Gasteiger partial charge is 0.308 e. The lowest BCUT2D eigenvalue weighted by atomic mass is 9.93. The minimum absolute atomic E-state index is 0.531. The molecule has 7 aromatic carbocycles. The van der Waals surface area contributed by atoms with Crippen LogP contribution in [0.25, 0.3) is 77.2 Å². The highest BCUT2D eigenvalue weighted by Gasteiger charge is 2.21. The van der Waals surface area contributed by atoms with E-state index in [0.29, 0.717) is 16.7 Å². The molecule has 0 aliphatic rings. The summed E-state index contributed by atoms with van der Waals surface area (Å²) in [5.41, 5.74) is 10.6. The van der Waals surface area contributed by atoms with Crippen LogP contribution in [0.15, 0.2) is 152 Å². The summed E-state index contributed by atoms with van der Waals surface area (Å²) in [6.07, 6.45) is 0. The van der Waals surface area contributed by atoms with Gasteiger partial charge in [0.1, 0.15) is 12.1 Å². The van der Waals surface area contributed by atoms with Gasteiger partial charge in [0.15, 0.2) is 0 Å². The summed E-state index contributed by atoms with van der Waals surface area (Å²) < 4.78 is 4.29. The molecule has 0 aliphatic carbocycles. The van der Waals surface area contributed by atoms with Crippen LogP contribution in [0.1, 0.15) is 16.7 Å². The lowest BCUT2D eigenvalue weighted by Gasteiger charge is -2.17. The fourth-order valence-electron chi connectivity index (χ4n) is 7.51. The third-order valence-corrected chi connectivity index (χ3v) is 9.64. The smallest absolute Gasteiger partial charge is 0.102 e. The summed E-state index contributed by atoms with van der Waals surface area (Å²) >= 11 is 0. The molecular weight excluding hydrogens is 611 g/mol. The Morgan fingerprint density at radius 3 is 1.60 bits per heavy atom. The summed E-state index contributed by atoms with van der Waals surface area (Å²) in [6, 6.07) is 57.7. The zero-order chi connectivity index (χ0) is 33.8. The molecule has 0 amide bonds. The molecular formula is C45H25N5. The fourth-order valence-corrected chi connectivity index (χ4v) is 7.51. The molecule has 0 unspecified atom stereocenters. The van der Waals surface area contributed by atoms with Gasteiger partial charge in [0.2, 0.25) is 0 Å². The van der Waals surface area contributed by atoms with Crippen molar-refractivity contribution in [3.8, 4) is 51.8 Å². The first-order valence-corrected chi connectivity index (χ1v) is 16.3. The molecule has 0 N–H and O–H groups in total. The fraction of sp³-hybridized carbons (Fsp3) is 0. The van der Waals surface area contributed by atoms with E-state index >= 15 is 0 Å². The van der Waals surface area contributed by atoms with E-state index in [9.17, 15) is 15.8 Å². The first kappa shape index (κ1) is 28.8. The summed E-state index contributed by atoms with van der Waals surface area (Å²) in [5, 5.41) is 35.2. The molecule has 0 atom stereocenters. The lowest BCUT2D eigenvalue weighted by Crippen LogP contribution is -2.01. The van der Waals surface area contributed by atoms with Crippen LogP contribution in [0, 0.1) is 34.0 Å². The minimum Gasteiger partial charge on any atom is -0.308 e. The van der Waals surface area contributed by atoms with Crippen LogP contribution in [0.3, 0.4) is 0 Å². The molecule has 50 heavy (non-hydrogen) atoms. The average molecular weight is 636 g/mol. The molecule has 0 saturated heterocycles. The molecule has 2 heterocycles. The Hall–Kier alpha value is -7.39. The second-order valence-electron chi connectivity index (χ2n) is 12.3. The van der Waals surface area contributed by atoms with Crippen molar-refractivity contribution >= 4 is 43.6 Å². The number of aromatic nitrogens is 2. The van der Waals surface area contributed by atoms with Gasteiger partial charge in [-0.2, -0.15) is 15.8 Å². The van der Waals surface area contributed by atoms with Gasteiger partial charge in [-0.25, -0.2) is 0 Å². The Labute approximate surface area is 287 Å². The first-order chi connectivity index (χ1) is 24.7. The third kappa shape index (κ3) is 4.24. The Kier molecular flexibility index (Phi) is 6.56. The van der Waals surface area contributed by atoms with Gasteiger partial charge in [-0.05, 0) is 59.7 Å². The van der Waals surface area contributed by atoms with E-state index in [-0.39, 0.29) is 0 Å². The van der Waals surface area contributed by atoms with E-state index in [1.54, 1.807) is 0 Å². The van der Waals surface area contributed by atoms with Crippen LogP contribution >= 0.6 is 0 Å². The van der Waals surface area contributed by atoms with Crippen LogP contribution in [0.2, 0.25) is 0 Å². The maximum Gasteiger partial charge on any atom is 0.102 e. The van der Waals surface area contributed by atoms with Crippen LogP contribution < -0.4 is 0 Å². The van der Waals surface area contributed by atoms with Crippen LogP contribution in [-0.4, -0.2) is 9.13 Å². The molecule has 9 rings (SSSR count). The molecule has 0 radical (unpaired) electrons. The first-order valence-electron chi connectivity index (χ1n) is 16.3. The SMILES string of the molecule is N#Cc1ccc2c3ccccc3n(-c3cccc(-c4cccc(-c5cccc(C#N)c5-n5c6ccccc6c6ccccc65)c4)c3C#N)c2c1. The molecule has 230 valence electrons. The van der Waals surface area contributed by atoms with Crippen molar-refractivity contribution in [1.82, 2.24) is 9.13 Å². The van der Waals surface area contributed by atoms with Gasteiger partial charge in [-0.1, -0.05) is 103 Å². The molecule has 0 fully saturated rings. The number of rotatable bonds is 4. The van der Waals surface area contributed by atoms with Crippen molar-refractivity contribution in [2.45, 2.75) is 0 Å². The summed E-state index contributed by atoms with van der Waals surface area (Å²) in [4.78, 5) is 0. The van der Waals surface area contributed by atoms with Crippen molar-refractivity contribution < 1.29 is 0 Å². The Bertz CT molecular complexity index is 2920. The Morgan fingerprint density at radius 1 is 0.400 bits per heavy atom. The topological polar surface area (TPSA) is 81.2 Å². The number of hydrogen-bond donors (Lipinski definition) is 0. The number of fused-ring (bicyclic) bond motifs is 6. The van der Waals surface area contributed by atoms with Crippen molar-refractivity contribution in [3.63, 3.8) is 0 Å². The van der Waals surface area contributed by atoms with E-state index in [0.717, 1.165) is 77.2 Å². The normalized spacial score (nSPS) is 11.1. The average Bonchev–Trinajstić information content (AvgIpc) is 3.69. The van der Waals surface area contributed by atoms with Gasteiger partial charge in [0.05, 0.1) is 56.2 Å². The monoisotopic (exact) mass is 635 g/mol. The van der Waals surface area contributed by atoms with E-state index < -0.39 is 0 Å². The van der Waals surface area contributed by atoms with Crippen molar-refractivity contribution in [2.24, 2.45) is 0 Å². The van der Waals surface area contributed by atoms with Crippen molar-refractivity contribution in [1.29, 1.82) is 15.8 Å². The van der Waals surface area contributed by atoms with Gasteiger partial charge >= 0.3 is 0 Å². The van der Waals surface area contributed by atoms with E-state index in [1.807, 2.05) is 103 Å². The highest BCUT2D eigenvalue weighted by Crippen LogP contribution is 2.40. The molecule has 2 aromatic heterocycles. The number of nitriles is 3. The maximum atomic E-state index is 10.8. The Balaban J connectivity index is 1.27. The van der Waals surface area contributed by atoms with Crippen molar-refractivity contribution in [2.75, 3.05) is 0 Å². The highest BCUT2D eigenvalue weighted by molar-refractivity contribution is 6.11. The second kappa shape index (κ2) is 11.4. The standard InChI is InChI=1S/C45H25N5/c46-26-29-22-23-38-37-15-1-4-18-40(37)49(44(38)24-29)43-21-9-16-33(39(43)28-48)30-10-7-11-31(25-30)34-17-8-12-32(27-47)45(34)50-41-19-5-2-13-35(41)36-14-3-6-20-42(36)50/h1-25H. The van der Waals surface area contributed by atoms with E-state index in [1.165, 1.54) is 0 Å². The summed E-state index contributed by atoms with van der Waals surface area (Å²) in [5.74, 6) is 0. The predicted molar refractivity (Wildman–Crippen MR) is 200 cm³/mol. The minimum atomic E-state index is 0.531. The van der Waals surface area contributed by atoms with E-state index in [2.05, 4.69) is 75.9 Å². The van der Waals surface area contributed by atoms with Gasteiger partial charge in [0.25, 0.3) is 0 Å². The number of nitrogens with zero attached hydrogens (tertiary/aromatic N) is 5. The second-order valence-corrected chi connectivity index (χ2v) is 12.3. The number of hydrogen-bond acceptors (Lipinski definition) is 3. The molecule has 0 aliphatic heterocycles. The lowest BCUT2D eigenvalue weighted by molar-refractivity contribution is 1.17. The van der Waals surface area contributed by atoms with Gasteiger partial charge in [-0.15, -0.1) is 0 Å². The maximum absolute atomic E-state index is 10.8. The Morgan fingerprint density at radius 2 is 0.960 bits per heavy atom. The van der Waals surface area contributed by atoms with Crippen LogP contribution in [-0.2, 0) is 0 Å². The molecule has 0 saturated carbocycles. The molecule has 5 nitrogen and oxygen atoms in total. The van der Waals surface area contributed by atoms with Crippen LogP contribution in [0.5, 0.6) is 0 Å². The molecule has 0 spiro atoms. The van der Waals surface area contributed by atoms with E-state index in [4.69, 9.17) is 0 Å². The molecule has 5 heteroatoms. The molecule has 0 bridgehead atoms. The van der Waals surface area contributed by atoms with Gasteiger partial charge in [0, 0.05) is 32.7 Å².